The average Bonchev–Trinajstić information content (AvgIpc) is 3.04. The van der Waals surface area contributed by atoms with Crippen molar-refractivity contribution in [3.63, 3.8) is 0 Å². The number of aryl methyl sites for hydroxylation is 1. The molecule has 0 radical (unpaired) electrons. The van der Waals surface area contributed by atoms with Crippen LogP contribution in [0.4, 0.5) is 0 Å². The smallest absolute Gasteiger partial charge is 0.0526 e. The standard InChI is InChI=1S/C13H15BrN2/c1-16-12(8-2-3-8)6-9-4-11(14)5-10(7-15)13(9)16/h4-6,8H,2-3,7,15H2,1H3. The molecule has 2 nitrogen and oxygen atoms in total. The van der Waals surface area contributed by atoms with Gasteiger partial charge >= 0.3 is 0 Å². The van der Waals surface area contributed by atoms with Gasteiger partial charge in [-0.3, -0.25) is 0 Å². The Morgan fingerprint density at radius 2 is 2.12 bits per heavy atom. The molecule has 0 aliphatic heterocycles. The Hall–Kier alpha value is -0.800. The molecule has 0 atom stereocenters. The molecule has 1 aromatic heterocycles. The lowest BCUT2D eigenvalue weighted by molar-refractivity contribution is 0.850. The second-order valence-electron chi connectivity index (χ2n) is 4.61. The zero-order valence-electron chi connectivity index (χ0n) is 9.33. The largest absolute Gasteiger partial charge is 0.347 e. The first-order chi connectivity index (χ1) is 7.70. The van der Waals surface area contributed by atoms with Crippen molar-refractivity contribution in [2.45, 2.75) is 25.3 Å². The summed E-state index contributed by atoms with van der Waals surface area (Å²) in [6.45, 7) is 0.595. The van der Waals surface area contributed by atoms with Crippen molar-refractivity contribution in [2.24, 2.45) is 12.8 Å². The van der Waals surface area contributed by atoms with E-state index in [9.17, 15) is 0 Å². The molecule has 2 aromatic rings. The maximum atomic E-state index is 5.82. The van der Waals surface area contributed by atoms with Crippen molar-refractivity contribution >= 4 is 26.8 Å². The Kier molecular flexibility index (Phi) is 2.33. The van der Waals surface area contributed by atoms with E-state index in [1.807, 2.05) is 0 Å². The number of nitrogens with zero attached hydrogens (tertiary/aromatic N) is 1. The fraction of sp³-hybridized carbons (Fsp3) is 0.385. The Labute approximate surface area is 104 Å². The molecule has 0 spiro atoms. The summed E-state index contributed by atoms with van der Waals surface area (Å²) in [5.74, 6) is 0.779. The molecule has 1 aliphatic carbocycles. The fourth-order valence-corrected chi connectivity index (χ4v) is 3.03. The summed E-state index contributed by atoms with van der Waals surface area (Å²) in [5, 5.41) is 1.30. The summed E-state index contributed by atoms with van der Waals surface area (Å²) >= 11 is 3.55. The van der Waals surface area contributed by atoms with Gasteiger partial charge in [-0.1, -0.05) is 15.9 Å². The van der Waals surface area contributed by atoms with E-state index in [-0.39, 0.29) is 0 Å². The van der Waals surface area contributed by atoms with Crippen LogP contribution in [0.3, 0.4) is 0 Å². The number of fused-ring (bicyclic) bond motifs is 1. The second kappa shape index (κ2) is 3.60. The minimum Gasteiger partial charge on any atom is -0.347 e. The summed E-state index contributed by atoms with van der Waals surface area (Å²) < 4.78 is 3.44. The molecule has 16 heavy (non-hydrogen) atoms. The molecular formula is C13H15BrN2. The molecule has 1 heterocycles. The third kappa shape index (κ3) is 1.50. The van der Waals surface area contributed by atoms with Crippen molar-refractivity contribution in [3.8, 4) is 0 Å². The highest BCUT2D eigenvalue weighted by atomic mass is 79.9. The van der Waals surface area contributed by atoms with Gasteiger partial charge in [0.1, 0.15) is 0 Å². The van der Waals surface area contributed by atoms with Gasteiger partial charge in [-0.15, -0.1) is 0 Å². The van der Waals surface area contributed by atoms with Gasteiger partial charge in [-0.05, 0) is 42.5 Å². The summed E-state index contributed by atoms with van der Waals surface area (Å²) in [4.78, 5) is 0. The second-order valence-corrected chi connectivity index (χ2v) is 5.53. The van der Waals surface area contributed by atoms with Gasteiger partial charge in [0.15, 0.2) is 0 Å². The van der Waals surface area contributed by atoms with E-state index < -0.39 is 0 Å². The van der Waals surface area contributed by atoms with Crippen molar-refractivity contribution in [1.82, 2.24) is 4.57 Å². The SMILES string of the molecule is Cn1c(C2CC2)cc2cc(Br)cc(CN)c21. The normalized spacial score (nSPS) is 15.9. The fourth-order valence-electron chi connectivity index (χ4n) is 2.51. The predicted molar refractivity (Wildman–Crippen MR) is 70.5 cm³/mol. The summed E-state index contributed by atoms with van der Waals surface area (Å²) in [6.07, 6.45) is 2.67. The van der Waals surface area contributed by atoms with Gasteiger partial charge in [-0.2, -0.15) is 0 Å². The number of benzene rings is 1. The molecular weight excluding hydrogens is 264 g/mol. The molecule has 2 N–H and O–H groups in total. The van der Waals surface area contributed by atoms with Gasteiger partial charge in [0.25, 0.3) is 0 Å². The van der Waals surface area contributed by atoms with Crippen LogP contribution in [0.15, 0.2) is 22.7 Å². The molecule has 1 saturated carbocycles. The maximum Gasteiger partial charge on any atom is 0.0526 e. The number of hydrogen-bond acceptors (Lipinski definition) is 1. The first-order valence-corrected chi connectivity index (χ1v) is 6.48. The summed E-state index contributed by atoms with van der Waals surface area (Å²) in [5.41, 5.74) is 9.80. The minimum absolute atomic E-state index is 0.595. The summed E-state index contributed by atoms with van der Waals surface area (Å²) in [7, 11) is 2.16. The van der Waals surface area contributed by atoms with Crippen LogP contribution in [0.2, 0.25) is 0 Å². The third-order valence-electron chi connectivity index (χ3n) is 3.42. The molecule has 1 aromatic carbocycles. The van der Waals surface area contributed by atoms with Crippen molar-refractivity contribution in [2.75, 3.05) is 0 Å². The number of hydrogen-bond donors (Lipinski definition) is 1. The number of nitrogens with two attached hydrogens (primary N) is 1. The first kappa shape index (κ1) is 10.4. The highest BCUT2D eigenvalue weighted by Crippen LogP contribution is 2.42. The Morgan fingerprint density at radius 1 is 1.38 bits per heavy atom. The molecule has 0 amide bonds. The topological polar surface area (TPSA) is 30.9 Å². The van der Waals surface area contributed by atoms with Gasteiger partial charge in [0.05, 0.1) is 5.52 Å². The molecule has 0 bridgehead atoms. The molecule has 3 rings (SSSR count). The molecule has 1 fully saturated rings. The average molecular weight is 279 g/mol. The molecule has 84 valence electrons. The number of halogens is 1. The Balaban J connectivity index is 2.31. The van der Waals surface area contributed by atoms with Gasteiger partial charge in [0, 0.05) is 29.1 Å². The van der Waals surface area contributed by atoms with Crippen molar-refractivity contribution in [3.05, 3.63) is 33.9 Å². The molecule has 0 saturated heterocycles. The van der Waals surface area contributed by atoms with E-state index in [0.717, 1.165) is 10.4 Å². The zero-order chi connectivity index (χ0) is 11.3. The quantitative estimate of drug-likeness (QED) is 0.898. The van der Waals surface area contributed by atoms with Crippen molar-refractivity contribution in [1.29, 1.82) is 0 Å². The highest BCUT2D eigenvalue weighted by Gasteiger charge is 2.27. The van der Waals surface area contributed by atoms with E-state index >= 15 is 0 Å². The lowest BCUT2D eigenvalue weighted by Gasteiger charge is -2.06. The number of aromatic nitrogens is 1. The lowest BCUT2D eigenvalue weighted by Crippen LogP contribution is -2.01. The Bertz CT molecular complexity index is 553. The van der Waals surface area contributed by atoms with Gasteiger partial charge in [-0.25, -0.2) is 0 Å². The van der Waals surface area contributed by atoms with Crippen LogP contribution in [-0.4, -0.2) is 4.57 Å². The Morgan fingerprint density at radius 3 is 2.75 bits per heavy atom. The van der Waals surface area contributed by atoms with Crippen LogP contribution in [0.25, 0.3) is 10.9 Å². The number of rotatable bonds is 2. The summed E-state index contributed by atoms with van der Waals surface area (Å²) in [6, 6.07) is 6.62. The molecule has 0 unspecified atom stereocenters. The van der Waals surface area contributed by atoms with Crippen LogP contribution in [0.5, 0.6) is 0 Å². The maximum absolute atomic E-state index is 5.82. The first-order valence-electron chi connectivity index (χ1n) is 5.68. The van der Waals surface area contributed by atoms with Crippen LogP contribution in [0, 0.1) is 0 Å². The van der Waals surface area contributed by atoms with E-state index in [1.165, 1.54) is 35.0 Å². The van der Waals surface area contributed by atoms with E-state index in [2.05, 4.69) is 45.7 Å². The van der Waals surface area contributed by atoms with Gasteiger partial charge in [0.2, 0.25) is 0 Å². The van der Waals surface area contributed by atoms with Crippen molar-refractivity contribution < 1.29 is 0 Å². The molecule has 1 aliphatic rings. The van der Waals surface area contributed by atoms with E-state index in [1.54, 1.807) is 0 Å². The monoisotopic (exact) mass is 278 g/mol. The van der Waals surface area contributed by atoms with Crippen LogP contribution >= 0.6 is 15.9 Å². The van der Waals surface area contributed by atoms with Crippen LogP contribution in [-0.2, 0) is 13.6 Å². The van der Waals surface area contributed by atoms with Crippen LogP contribution in [0.1, 0.15) is 30.0 Å². The van der Waals surface area contributed by atoms with E-state index in [4.69, 9.17) is 5.73 Å². The third-order valence-corrected chi connectivity index (χ3v) is 3.88. The van der Waals surface area contributed by atoms with E-state index in [0.29, 0.717) is 6.54 Å². The predicted octanol–water partition coefficient (Wildman–Crippen LogP) is 3.28. The zero-order valence-corrected chi connectivity index (χ0v) is 10.9. The van der Waals surface area contributed by atoms with Gasteiger partial charge < -0.3 is 10.3 Å². The highest BCUT2D eigenvalue weighted by molar-refractivity contribution is 9.10. The minimum atomic E-state index is 0.595. The molecule has 3 heteroatoms. The van der Waals surface area contributed by atoms with Crippen LogP contribution < -0.4 is 5.73 Å². The lowest BCUT2D eigenvalue weighted by atomic mass is 10.1.